The van der Waals surface area contributed by atoms with Crippen molar-refractivity contribution in [1.29, 1.82) is 0 Å². The lowest BCUT2D eigenvalue weighted by molar-refractivity contribution is -0.101. The Bertz CT molecular complexity index is 660. The molecule has 6 bridgehead atoms. The maximum Gasteiger partial charge on any atom is 0.231 e. The zero-order valence-electron chi connectivity index (χ0n) is 11.7. The highest BCUT2D eigenvalue weighted by atomic mass is 16.7. The fourth-order valence-corrected chi connectivity index (χ4v) is 5.23. The van der Waals surface area contributed by atoms with Crippen molar-refractivity contribution in [3.63, 3.8) is 0 Å². The minimum absolute atomic E-state index is 0.0583. The van der Waals surface area contributed by atoms with Crippen LogP contribution in [0.1, 0.15) is 30.4 Å². The van der Waals surface area contributed by atoms with Crippen molar-refractivity contribution in [2.75, 3.05) is 13.3 Å². The number of hydrogen-bond acceptors (Lipinski definition) is 5. The van der Waals surface area contributed by atoms with Crippen LogP contribution < -0.4 is 19.5 Å². The molecule has 1 aromatic rings. The summed E-state index contributed by atoms with van der Waals surface area (Å²) in [6, 6.07) is 2.70. The molecule has 0 radical (unpaired) electrons. The Kier molecular flexibility index (Phi) is 1.84. The van der Waals surface area contributed by atoms with E-state index in [0.717, 1.165) is 43.1 Å². The van der Waals surface area contributed by atoms with E-state index in [9.17, 15) is 0 Å². The van der Waals surface area contributed by atoms with Gasteiger partial charge in [-0.25, -0.2) is 0 Å². The predicted octanol–water partition coefficient (Wildman–Crippen LogP) is 1.47. The van der Waals surface area contributed by atoms with Gasteiger partial charge in [0.2, 0.25) is 12.5 Å². The van der Waals surface area contributed by atoms with Crippen LogP contribution in [0.4, 0.5) is 0 Å². The molecule has 5 nitrogen and oxygen atoms in total. The fourth-order valence-electron chi connectivity index (χ4n) is 5.23. The molecule has 5 heteroatoms. The lowest BCUT2D eigenvalue weighted by Gasteiger charge is -2.49. The van der Waals surface area contributed by atoms with Crippen LogP contribution in [-0.4, -0.2) is 31.6 Å². The Hall–Kier alpha value is -1.46. The molecule has 5 aliphatic heterocycles. The van der Waals surface area contributed by atoms with E-state index >= 15 is 0 Å². The van der Waals surface area contributed by atoms with Crippen molar-refractivity contribution >= 4 is 0 Å². The second kappa shape index (κ2) is 3.47. The van der Waals surface area contributed by atoms with E-state index in [1.54, 1.807) is 0 Å². The second-order valence-electron chi connectivity index (χ2n) is 6.73. The van der Waals surface area contributed by atoms with Gasteiger partial charge in [0.05, 0.1) is 6.61 Å². The zero-order valence-corrected chi connectivity index (χ0v) is 11.7. The maximum absolute atomic E-state index is 6.38. The Morgan fingerprint density at radius 2 is 2.19 bits per heavy atom. The van der Waals surface area contributed by atoms with Gasteiger partial charge in [-0.2, -0.15) is 0 Å². The third kappa shape index (κ3) is 1.11. The van der Waals surface area contributed by atoms with Crippen LogP contribution in [0.2, 0.25) is 0 Å². The van der Waals surface area contributed by atoms with Gasteiger partial charge in [-0.3, -0.25) is 0 Å². The maximum atomic E-state index is 6.38. The highest BCUT2D eigenvalue weighted by molar-refractivity contribution is 5.64. The topological polar surface area (TPSA) is 49.0 Å². The molecule has 6 aliphatic rings. The van der Waals surface area contributed by atoms with Crippen LogP contribution in [0.25, 0.3) is 0 Å². The number of rotatable bonds is 0. The molecule has 4 unspecified atom stereocenters. The van der Waals surface area contributed by atoms with Crippen molar-refractivity contribution in [1.82, 2.24) is 5.32 Å². The molecule has 1 spiro atoms. The minimum Gasteiger partial charge on any atom is -0.483 e. The first-order valence-corrected chi connectivity index (χ1v) is 7.85. The van der Waals surface area contributed by atoms with Gasteiger partial charge in [0.25, 0.3) is 0 Å². The molecular formula is C16H17NO4. The number of nitrogens with one attached hydrogen (secondary N) is 1. The molecule has 0 aromatic heterocycles. The molecular weight excluding hydrogens is 270 g/mol. The average Bonchev–Trinajstić information content (AvgIpc) is 3.08. The van der Waals surface area contributed by atoms with E-state index in [1.165, 1.54) is 11.1 Å². The molecule has 110 valence electrons. The molecule has 1 saturated heterocycles. The third-order valence-corrected chi connectivity index (χ3v) is 6.04. The van der Waals surface area contributed by atoms with Crippen LogP contribution in [0.5, 0.6) is 17.2 Å². The number of benzene rings is 1. The van der Waals surface area contributed by atoms with Gasteiger partial charge in [0.15, 0.2) is 11.5 Å². The normalized spacial score (nSPS) is 40.7. The molecule has 2 fully saturated rings. The standard InChI is InChI=1S/C16H17NO4/c1-2-12-16(3-4-17-12)9-5-11-14(20-7-19-11)13-8(9)6-18-15(16)10(1)21-13/h5,10,12,15,17H,1-4,6-7H2. The van der Waals surface area contributed by atoms with Crippen molar-refractivity contribution < 1.29 is 18.9 Å². The summed E-state index contributed by atoms with van der Waals surface area (Å²) in [6.45, 7) is 1.98. The van der Waals surface area contributed by atoms with Gasteiger partial charge >= 0.3 is 0 Å². The van der Waals surface area contributed by atoms with E-state index in [-0.39, 0.29) is 24.4 Å². The second-order valence-corrected chi connectivity index (χ2v) is 6.73. The van der Waals surface area contributed by atoms with E-state index in [4.69, 9.17) is 18.9 Å². The summed E-state index contributed by atoms with van der Waals surface area (Å²) < 4.78 is 24.0. The molecule has 1 N–H and O–H groups in total. The Morgan fingerprint density at radius 3 is 3.19 bits per heavy atom. The van der Waals surface area contributed by atoms with Crippen molar-refractivity contribution in [2.45, 2.75) is 49.5 Å². The lowest BCUT2D eigenvalue weighted by atomic mass is 9.62. The van der Waals surface area contributed by atoms with E-state index in [1.807, 2.05) is 0 Å². The molecule has 1 saturated carbocycles. The fraction of sp³-hybridized carbons (Fsp3) is 0.625. The number of fused-ring (bicyclic) bond motifs is 2. The van der Waals surface area contributed by atoms with Crippen molar-refractivity contribution in [3.8, 4) is 17.2 Å². The summed E-state index contributed by atoms with van der Waals surface area (Å²) >= 11 is 0. The van der Waals surface area contributed by atoms with Crippen LogP contribution in [-0.2, 0) is 16.8 Å². The van der Waals surface area contributed by atoms with Gasteiger partial charge in [-0.15, -0.1) is 0 Å². The smallest absolute Gasteiger partial charge is 0.231 e. The number of hydrogen-bond donors (Lipinski definition) is 1. The Labute approximate surface area is 122 Å². The summed E-state index contributed by atoms with van der Waals surface area (Å²) in [5, 5.41) is 3.69. The molecule has 5 heterocycles. The predicted molar refractivity (Wildman–Crippen MR) is 72.9 cm³/mol. The molecule has 21 heavy (non-hydrogen) atoms. The Balaban J connectivity index is 1.71. The minimum atomic E-state index is 0.0583. The number of ether oxygens (including phenoxy) is 4. The first kappa shape index (κ1) is 11.2. The molecule has 1 aliphatic carbocycles. The van der Waals surface area contributed by atoms with Gasteiger partial charge < -0.3 is 24.3 Å². The van der Waals surface area contributed by atoms with Crippen molar-refractivity contribution in [2.24, 2.45) is 0 Å². The van der Waals surface area contributed by atoms with Crippen LogP contribution in [0.3, 0.4) is 0 Å². The van der Waals surface area contributed by atoms with Crippen LogP contribution in [0.15, 0.2) is 6.07 Å². The molecule has 0 amide bonds. The molecule has 7 rings (SSSR count). The quantitative estimate of drug-likeness (QED) is 0.783. The highest BCUT2D eigenvalue weighted by Gasteiger charge is 2.61. The van der Waals surface area contributed by atoms with Gasteiger partial charge in [0.1, 0.15) is 12.2 Å². The summed E-state index contributed by atoms with van der Waals surface area (Å²) in [5.41, 5.74) is 2.63. The lowest BCUT2D eigenvalue weighted by Crippen LogP contribution is -2.60. The SMILES string of the molecule is c1c2c(c3c4c1C15CCNC1CCC(O3)C5OC4)OCO2. The average molecular weight is 287 g/mol. The highest BCUT2D eigenvalue weighted by Crippen LogP contribution is 2.59. The Morgan fingerprint density at radius 1 is 1.19 bits per heavy atom. The van der Waals surface area contributed by atoms with Crippen LogP contribution in [0, 0.1) is 0 Å². The van der Waals surface area contributed by atoms with E-state index in [2.05, 4.69) is 11.4 Å². The summed E-state index contributed by atoms with van der Waals surface area (Å²) in [5.74, 6) is 2.51. The summed E-state index contributed by atoms with van der Waals surface area (Å²) in [4.78, 5) is 0. The first-order chi connectivity index (χ1) is 10.4. The van der Waals surface area contributed by atoms with Gasteiger partial charge in [-0.1, -0.05) is 0 Å². The van der Waals surface area contributed by atoms with Gasteiger partial charge in [-0.05, 0) is 37.4 Å². The first-order valence-electron chi connectivity index (χ1n) is 7.85. The zero-order chi connectivity index (χ0) is 13.6. The van der Waals surface area contributed by atoms with Gasteiger partial charge in [0, 0.05) is 17.0 Å². The van der Waals surface area contributed by atoms with Crippen molar-refractivity contribution in [3.05, 3.63) is 17.2 Å². The van der Waals surface area contributed by atoms with Crippen LogP contribution >= 0.6 is 0 Å². The molecule has 4 atom stereocenters. The molecule has 1 aromatic carbocycles. The monoisotopic (exact) mass is 287 g/mol. The van der Waals surface area contributed by atoms with E-state index in [0.29, 0.717) is 12.6 Å². The summed E-state index contributed by atoms with van der Waals surface area (Å²) in [6.07, 6.45) is 3.59. The van der Waals surface area contributed by atoms with E-state index < -0.39 is 0 Å². The largest absolute Gasteiger partial charge is 0.483 e. The summed E-state index contributed by atoms with van der Waals surface area (Å²) in [7, 11) is 0. The third-order valence-electron chi connectivity index (χ3n) is 6.04.